The van der Waals surface area contributed by atoms with Gasteiger partial charge < -0.3 is 12.9 Å². The third-order valence-electron chi connectivity index (χ3n) is 7.98. The van der Waals surface area contributed by atoms with E-state index in [-0.39, 0.29) is 20.7 Å². The van der Waals surface area contributed by atoms with Gasteiger partial charge in [0.05, 0.1) is 10.9 Å². The summed E-state index contributed by atoms with van der Waals surface area (Å²) >= 11 is 0. The smallest absolute Gasteiger partial charge is 0.339 e. The minimum absolute atomic E-state index is 0.0394. The van der Waals surface area contributed by atoms with E-state index in [1.165, 1.54) is 79.9 Å². The molecule has 0 saturated heterocycles. The molecule has 0 bridgehead atoms. The number of aryl methyl sites for hydroxylation is 5. The summed E-state index contributed by atoms with van der Waals surface area (Å²) in [5.74, 6) is -1.30. The predicted octanol–water partition coefficient (Wildman–Crippen LogP) is 8.45. The van der Waals surface area contributed by atoms with E-state index in [0.717, 1.165) is 23.3 Å². The molecule has 13 heteroatoms. The Morgan fingerprint density at radius 2 is 0.741 bits per heavy atom. The van der Waals surface area contributed by atoms with Crippen molar-refractivity contribution < 1.29 is 38.2 Å². The second-order valence-corrected chi connectivity index (χ2v) is 19.0. The van der Waals surface area contributed by atoms with Gasteiger partial charge in [-0.05, 0) is 107 Å². The van der Waals surface area contributed by atoms with Gasteiger partial charge in [-0.25, -0.2) is 8.42 Å². The third-order valence-corrected chi connectivity index (χ3v) is 13.6. The van der Waals surface area contributed by atoms with Gasteiger partial charge in [0, 0.05) is 6.07 Å². The molecule has 0 aliphatic rings. The van der Waals surface area contributed by atoms with Crippen LogP contribution in [0.4, 0.5) is 0 Å². The molecule has 0 spiro atoms. The molecule has 0 radical (unpaired) electrons. The van der Waals surface area contributed by atoms with Gasteiger partial charge in [0.25, 0.3) is 0 Å². The minimum atomic E-state index is -5.26. The Kier molecular flexibility index (Phi) is 12.4. The van der Waals surface area contributed by atoms with E-state index in [4.69, 9.17) is 8.37 Å². The number of hydrogen-bond donors (Lipinski definition) is 0. The summed E-state index contributed by atoms with van der Waals surface area (Å²) < 4.78 is 94.7. The fourth-order valence-corrected chi connectivity index (χ4v) is 9.57. The molecule has 0 heterocycles. The Labute approximate surface area is 320 Å². The van der Waals surface area contributed by atoms with Crippen LogP contribution in [0.15, 0.2) is 169 Å². The van der Waals surface area contributed by atoms with Crippen LogP contribution in [0.2, 0.25) is 0 Å². The molecular formula is C41H38O9S4. The number of benzene rings is 6. The van der Waals surface area contributed by atoms with E-state index in [1.54, 1.807) is 13.8 Å². The molecule has 54 heavy (non-hydrogen) atoms. The van der Waals surface area contributed by atoms with Gasteiger partial charge in [0.1, 0.15) is 30.6 Å². The van der Waals surface area contributed by atoms with Crippen LogP contribution in [0.5, 0.6) is 11.5 Å². The van der Waals surface area contributed by atoms with Gasteiger partial charge in [0.15, 0.2) is 20.4 Å². The number of rotatable bonds is 10. The molecular weight excluding hydrogens is 765 g/mol. The fraction of sp³-hybridized carbons (Fsp3) is 0.122. The van der Waals surface area contributed by atoms with Crippen molar-refractivity contribution in [1.29, 1.82) is 0 Å². The standard InChI is InChI=1S/C21H21S.C20H18O9S3/c1-16-4-10-19(11-5-16)22(20-12-6-17(2)7-13-20)21-14-8-18(3)9-15-21;1-14-3-8-17(9-4-14)31(24,25)28-16-7-12-19(20(13-16)30(21,22)23)29-32(26,27)18-10-5-15(2)6-11-18/h4-15H,1-3H3;3-13H,1-2H3,(H,21,22,23)/q+1;/p-1. The van der Waals surface area contributed by atoms with Gasteiger partial charge >= 0.3 is 20.2 Å². The molecule has 0 fully saturated rings. The van der Waals surface area contributed by atoms with Crippen molar-refractivity contribution in [2.24, 2.45) is 0 Å². The average Bonchev–Trinajstić information content (AvgIpc) is 3.11. The maximum Gasteiger partial charge on any atom is 0.339 e. The average molecular weight is 803 g/mol. The first-order valence-corrected chi connectivity index (χ1v) is 21.9. The summed E-state index contributed by atoms with van der Waals surface area (Å²) in [6.07, 6.45) is 0. The van der Waals surface area contributed by atoms with E-state index < -0.39 is 46.7 Å². The van der Waals surface area contributed by atoms with Crippen molar-refractivity contribution in [3.63, 3.8) is 0 Å². The van der Waals surface area contributed by atoms with Crippen molar-refractivity contribution in [3.8, 4) is 11.5 Å². The lowest BCUT2D eigenvalue weighted by molar-refractivity contribution is 0.447. The van der Waals surface area contributed by atoms with Gasteiger partial charge in [0.2, 0.25) is 0 Å². The maximum atomic E-state index is 12.5. The van der Waals surface area contributed by atoms with E-state index in [2.05, 4.69) is 93.6 Å². The maximum absolute atomic E-state index is 12.5. The summed E-state index contributed by atoms with van der Waals surface area (Å²) in [4.78, 5) is 2.57. The second kappa shape index (κ2) is 16.6. The minimum Gasteiger partial charge on any atom is -0.744 e. The summed E-state index contributed by atoms with van der Waals surface area (Å²) in [6, 6.07) is 40.4. The molecule has 6 rings (SSSR count). The van der Waals surface area contributed by atoms with Crippen LogP contribution in [-0.4, -0.2) is 29.8 Å². The molecule has 0 aromatic heterocycles. The molecule has 0 aliphatic carbocycles. The molecule has 0 saturated carbocycles. The Balaban J connectivity index is 0.000000222. The van der Waals surface area contributed by atoms with Crippen molar-refractivity contribution in [3.05, 3.63) is 167 Å². The molecule has 0 N–H and O–H groups in total. The van der Waals surface area contributed by atoms with E-state index >= 15 is 0 Å². The van der Waals surface area contributed by atoms with E-state index in [1.807, 2.05) is 0 Å². The van der Waals surface area contributed by atoms with Gasteiger partial charge in [-0.15, -0.1) is 0 Å². The quantitative estimate of drug-likeness (QED) is 0.0757. The highest BCUT2D eigenvalue weighted by Crippen LogP contribution is 2.33. The monoisotopic (exact) mass is 802 g/mol. The lowest BCUT2D eigenvalue weighted by atomic mass is 10.2. The van der Waals surface area contributed by atoms with Crippen molar-refractivity contribution in [1.82, 2.24) is 0 Å². The zero-order valence-corrected chi connectivity index (χ0v) is 33.4. The summed E-state index contributed by atoms with van der Waals surface area (Å²) in [7, 11) is -14.1. The van der Waals surface area contributed by atoms with Crippen molar-refractivity contribution in [2.45, 2.75) is 64.0 Å². The normalized spacial score (nSPS) is 11.8. The summed E-state index contributed by atoms with van der Waals surface area (Å²) in [5.41, 5.74) is 5.50. The van der Waals surface area contributed by atoms with Gasteiger partial charge in [-0.1, -0.05) is 88.5 Å². The Morgan fingerprint density at radius 3 is 1.07 bits per heavy atom. The van der Waals surface area contributed by atoms with Gasteiger partial charge in [-0.2, -0.15) is 16.8 Å². The highest BCUT2D eigenvalue weighted by Gasteiger charge is 2.28. The third kappa shape index (κ3) is 10.4. The first kappa shape index (κ1) is 40.3. The predicted molar refractivity (Wildman–Crippen MR) is 208 cm³/mol. The second-order valence-electron chi connectivity index (χ2n) is 12.5. The van der Waals surface area contributed by atoms with E-state index in [9.17, 15) is 29.8 Å². The molecule has 9 nitrogen and oxygen atoms in total. The van der Waals surface area contributed by atoms with E-state index in [0.29, 0.717) is 6.07 Å². The Bertz CT molecular complexity index is 2440. The van der Waals surface area contributed by atoms with Crippen LogP contribution >= 0.6 is 0 Å². The van der Waals surface area contributed by atoms with Crippen LogP contribution < -0.4 is 8.37 Å². The van der Waals surface area contributed by atoms with Gasteiger partial charge in [-0.3, -0.25) is 0 Å². The lowest BCUT2D eigenvalue weighted by Gasteiger charge is -2.15. The Hall–Kier alpha value is -4.92. The number of hydrogen-bond acceptors (Lipinski definition) is 9. The molecule has 0 atom stereocenters. The first-order chi connectivity index (χ1) is 25.4. The topological polar surface area (TPSA) is 144 Å². The summed E-state index contributed by atoms with van der Waals surface area (Å²) in [6.45, 7) is 9.91. The van der Waals surface area contributed by atoms with Crippen LogP contribution in [-0.2, 0) is 41.2 Å². The molecule has 0 unspecified atom stereocenters. The summed E-state index contributed by atoms with van der Waals surface area (Å²) in [5, 5.41) is 0. The van der Waals surface area contributed by atoms with Crippen LogP contribution in [0.25, 0.3) is 0 Å². The van der Waals surface area contributed by atoms with Crippen LogP contribution in [0, 0.1) is 34.6 Å². The molecule has 0 aliphatic heterocycles. The SMILES string of the molecule is Cc1ccc(S(=O)(=O)Oc2ccc(OS(=O)(=O)c3ccc(C)cc3)c(S(=O)(=O)[O-])c2)cc1.Cc1ccc([S+](c2ccc(C)cc2)c2ccc(C)cc2)cc1. The Morgan fingerprint density at radius 1 is 0.426 bits per heavy atom. The van der Waals surface area contributed by atoms with Crippen molar-refractivity contribution >= 4 is 41.2 Å². The largest absolute Gasteiger partial charge is 0.744 e. The zero-order valence-electron chi connectivity index (χ0n) is 30.1. The van der Waals surface area contributed by atoms with Crippen LogP contribution in [0.1, 0.15) is 27.8 Å². The van der Waals surface area contributed by atoms with Crippen molar-refractivity contribution in [2.75, 3.05) is 0 Å². The molecule has 280 valence electrons. The molecule has 0 amide bonds. The van der Waals surface area contributed by atoms with Crippen LogP contribution in [0.3, 0.4) is 0 Å². The molecule has 6 aromatic carbocycles. The molecule has 6 aromatic rings. The zero-order chi connectivity index (χ0) is 39.3. The lowest BCUT2D eigenvalue weighted by Crippen LogP contribution is -2.14. The highest BCUT2D eigenvalue weighted by molar-refractivity contribution is 7.97. The fourth-order valence-electron chi connectivity index (χ4n) is 4.99. The highest BCUT2D eigenvalue weighted by atomic mass is 32.2. The first-order valence-electron chi connectivity index (χ1n) is 16.5.